The van der Waals surface area contributed by atoms with Crippen LogP contribution < -0.4 is 11.1 Å². The summed E-state index contributed by atoms with van der Waals surface area (Å²) in [6.45, 7) is 4.02. The first kappa shape index (κ1) is 15.4. The van der Waals surface area contributed by atoms with E-state index >= 15 is 0 Å². The minimum Gasteiger partial charge on any atom is -0.398 e. The quantitative estimate of drug-likeness (QED) is 0.668. The smallest absolute Gasteiger partial charge is 0.234 e. The van der Waals surface area contributed by atoms with Crippen LogP contribution in [-0.2, 0) is 4.79 Å². The number of nitrogens with two attached hydrogens (primary N) is 1. The highest BCUT2D eigenvalue weighted by Gasteiger charge is 2.07. The van der Waals surface area contributed by atoms with Gasteiger partial charge in [-0.2, -0.15) is 0 Å². The predicted octanol–water partition coefficient (Wildman–Crippen LogP) is 3.76. The summed E-state index contributed by atoms with van der Waals surface area (Å²) in [6.07, 6.45) is 0. The molecule has 0 aliphatic heterocycles. The maximum absolute atomic E-state index is 12.9. The lowest BCUT2D eigenvalue weighted by Gasteiger charge is -2.08. The van der Waals surface area contributed by atoms with Gasteiger partial charge in [-0.1, -0.05) is 6.07 Å². The summed E-state index contributed by atoms with van der Waals surface area (Å²) < 4.78 is 12.9. The van der Waals surface area contributed by atoms with Crippen LogP contribution in [0.25, 0.3) is 0 Å². The summed E-state index contributed by atoms with van der Waals surface area (Å²) in [5, 5.41) is 2.84. The van der Waals surface area contributed by atoms with Crippen molar-refractivity contribution in [3.63, 3.8) is 0 Å². The molecule has 2 rings (SSSR count). The Morgan fingerprint density at radius 1 is 1.19 bits per heavy atom. The zero-order valence-electron chi connectivity index (χ0n) is 11.9. The Morgan fingerprint density at radius 3 is 2.62 bits per heavy atom. The number of hydrogen-bond donors (Lipinski definition) is 2. The lowest BCUT2D eigenvalue weighted by molar-refractivity contribution is -0.113. The Bertz CT molecular complexity index is 673. The third-order valence-electron chi connectivity index (χ3n) is 3.12. The molecule has 21 heavy (non-hydrogen) atoms. The first-order chi connectivity index (χ1) is 9.95. The highest BCUT2D eigenvalue weighted by atomic mass is 32.2. The Morgan fingerprint density at radius 2 is 1.95 bits per heavy atom. The molecule has 1 amide bonds. The third-order valence-corrected chi connectivity index (χ3v) is 4.21. The van der Waals surface area contributed by atoms with Crippen molar-refractivity contribution in [2.24, 2.45) is 0 Å². The number of anilines is 2. The van der Waals surface area contributed by atoms with Gasteiger partial charge < -0.3 is 11.1 Å². The summed E-state index contributed by atoms with van der Waals surface area (Å²) in [5.41, 5.74) is 9.13. The zero-order chi connectivity index (χ0) is 15.4. The fourth-order valence-electron chi connectivity index (χ4n) is 1.81. The van der Waals surface area contributed by atoms with Crippen molar-refractivity contribution in [3.05, 3.63) is 53.3 Å². The minimum absolute atomic E-state index is 0.119. The van der Waals surface area contributed by atoms with Gasteiger partial charge in [0.1, 0.15) is 5.82 Å². The Labute approximate surface area is 127 Å². The number of amides is 1. The fraction of sp³-hybridized carbons (Fsp3) is 0.188. The number of benzene rings is 2. The largest absolute Gasteiger partial charge is 0.398 e. The average Bonchev–Trinajstić information content (AvgIpc) is 2.42. The van der Waals surface area contributed by atoms with Crippen molar-refractivity contribution in [1.82, 2.24) is 0 Å². The van der Waals surface area contributed by atoms with Gasteiger partial charge in [-0.15, -0.1) is 11.8 Å². The van der Waals surface area contributed by atoms with E-state index < -0.39 is 0 Å². The van der Waals surface area contributed by atoms with Gasteiger partial charge in [0.15, 0.2) is 0 Å². The number of nitrogens with one attached hydrogen (secondary N) is 1. The van der Waals surface area contributed by atoms with Crippen molar-refractivity contribution < 1.29 is 9.18 Å². The number of carbonyl (C=O) groups is 1. The number of aryl methyl sites for hydroxylation is 2. The van der Waals surface area contributed by atoms with E-state index in [9.17, 15) is 9.18 Å². The Balaban J connectivity index is 1.94. The van der Waals surface area contributed by atoms with Crippen molar-refractivity contribution in [2.45, 2.75) is 18.7 Å². The van der Waals surface area contributed by atoms with E-state index in [-0.39, 0.29) is 17.5 Å². The van der Waals surface area contributed by atoms with Gasteiger partial charge in [-0.3, -0.25) is 4.79 Å². The van der Waals surface area contributed by atoms with E-state index in [2.05, 4.69) is 5.32 Å². The molecular weight excluding hydrogens is 287 g/mol. The van der Waals surface area contributed by atoms with Crippen LogP contribution in [-0.4, -0.2) is 11.7 Å². The average molecular weight is 304 g/mol. The topological polar surface area (TPSA) is 55.1 Å². The maximum Gasteiger partial charge on any atom is 0.234 e. The SMILES string of the molecule is Cc1ccc(NC(=O)CSc2ccc(F)cc2N)cc1C. The van der Waals surface area contributed by atoms with Crippen LogP contribution in [0.3, 0.4) is 0 Å². The molecule has 5 heteroatoms. The van der Waals surface area contributed by atoms with E-state index in [1.165, 1.54) is 29.5 Å². The molecule has 0 unspecified atom stereocenters. The van der Waals surface area contributed by atoms with Crippen LogP contribution >= 0.6 is 11.8 Å². The van der Waals surface area contributed by atoms with Crippen LogP contribution in [0.4, 0.5) is 15.8 Å². The summed E-state index contributed by atoms with van der Waals surface area (Å²) in [4.78, 5) is 12.6. The molecule has 0 bridgehead atoms. The van der Waals surface area contributed by atoms with E-state index in [4.69, 9.17) is 5.73 Å². The van der Waals surface area contributed by atoms with Crippen LogP contribution in [0, 0.1) is 19.7 Å². The van der Waals surface area contributed by atoms with Gasteiger partial charge in [-0.25, -0.2) is 4.39 Å². The van der Waals surface area contributed by atoms with Gasteiger partial charge >= 0.3 is 0 Å². The van der Waals surface area contributed by atoms with E-state index in [0.29, 0.717) is 10.6 Å². The summed E-state index contributed by atoms with van der Waals surface area (Å²) in [6, 6.07) is 9.94. The van der Waals surface area contributed by atoms with Gasteiger partial charge in [0.2, 0.25) is 5.91 Å². The molecule has 0 saturated heterocycles. The Kier molecular flexibility index (Phi) is 4.85. The standard InChI is InChI=1S/C16H17FN2OS/c1-10-3-5-13(7-11(10)2)19-16(20)9-21-15-6-4-12(17)8-14(15)18/h3-8H,9,18H2,1-2H3,(H,19,20). The molecule has 0 fully saturated rings. The molecule has 0 saturated carbocycles. The summed E-state index contributed by atoms with van der Waals surface area (Å²) >= 11 is 1.29. The molecule has 2 aromatic rings. The van der Waals surface area contributed by atoms with Crippen LogP contribution in [0.5, 0.6) is 0 Å². The fourth-order valence-corrected chi connectivity index (χ4v) is 2.56. The van der Waals surface area contributed by atoms with Crippen molar-refractivity contribution >= 4 is 29.0 Å². The van der Waals surface area contributed by atoms with Crippen LogP contribution in [0.15, 0.2) is 41.3 Å². The van der Waals surface area contributed by atoms with E-state index in [1.54, 1.807) is 6.07 Å². The Hall–Kier alpha value is -2.01. The second-order valence-corrected chi connectivity index (χ2v) is 5.84. The number of halogens is 1. The molecule has 110 valence electrons. The molecular formula is C16H17FN2OS. The first-order valence-electron chi connectivity index (χ1n) is 6.50. The summed E-state index contributed by atoms with van der Waals surface area (Å²) in [7, 11) is 0. The van der Waals surface area contributed by atoms with Crippen LogP contribution in [0.2, 0.25) is 0 Å². The van der Waals surface area contributed by atoms with Crippen molar-refractivity contribution in [2.75, 3.05) is 16.8 Å². The van der Waals surface area contributed by atoms with Gasteiger partial charge in [0.05, 0.1) is 5.75 Å². The molecule has 0 atom stereocenters. The van der Waals surface area contributed by atoms with Crippen LogP contribution in [0.1, 0.15) is 11.1 Å². The summed E-state index contributed by atoms with van der Waals surface area (Å²) in [5.74, 6) is -0.272. The minimum atomic E-state index is -0.378. The molecule has 3 nitrogen and oxygen atoms in total. The highest BCUT2D eigenvalue weighted by Crippen LogP contribution is 2.25. The second-order valence-electron chi connectivity index (χ2n) is 4.82. The van der Waals surface area contributed by atoms with Gasteiger partial charge in [0.25, 0.3) is 0 Å². The normalized spacial score (nSPS) is 10.4. The number of carbonyl (C=O) groups excluding carboxylic acids is 1. The lowest BCUT2D eigenvalue weighted by atomic mass is 10.1. The highest BCUT2D eigenvalue weighted by molar-refractivity contribution is 8.00. The van der Waals surface area contributed by atoms with E-state index in [0.717, 1.165) is 11.3 Å². The number of hydrogen-bond acceptors (Lipinski definition) is 3. The maximum atomic E-state index is 12.9. The lowest BCUT2D eigenvalue weighted by Crippen LogP contribution is -2.14. The van der Waals surface area contributed by atoms with Crippen molar-refractivity contribution in [1.29, 1.82) is 0 Å². The van der Waals surface area contributed by atoms with Gasteiger partial charge in [0, 0.05) is 16.3 Å². The number of rotatable bonds is 4. The van der Waals surface area contributed by atoms with E-state index in [1.807, 2.05) is 32.0 Å². The third kappa shape index (κ3) is 4.23. The number of thioether (sulfide) groups is 1. The number of nitrogen functional groups attached to an aromatic ring is 1. The molecule has 2 aromatic carbocycles. The molecule has 0 aromatic heterocycles. The monoisotopic (exact) mass is 304 g/mol. The molecule has 3 N–H and O–H groups in total. The molecule has 0 spiro atoms. The van der Waals surface area contributed by atoms with Crippen molar-refractivity contribution in [3.8, 4) is 0 Å². The predicted molar refractivity (Wildman–Crippen MR) is 86.1 cm³/mol. The first-order valence-corrected chi connectivity index (χ1v) is 7.49. The molecule has 0 aliphatic rings. The molecule has 0 aliphatic carbocycles. The zero-order valence-corrected chi connectivity index (χ0v) is 12.8. The molecule has 0 radical (unpaired) electrons. The molecule has 0 heterocycles. The van der Waals surface area contributed by atoms with Gasteiger partial charge in [-0.05, 0) is 55.3 Å². The second kappa shape index (κ2) is 6.63.